The molecule has 2 N–H and O–H groups in total. The van der Waals surface area contributed by atoms with Crippen LogP contribution in [0, 0.1) is 5.92 Å². The van der Waals surface area contributed by atoms with Crippen LogP contribution in [-0.4, -0.2) is 42.4 Å². The minimum atomic E-state index is -3.53. The normalized spacial score (nSPS) is 22.4. The molecule has 0 spiro atoms. The van der Waals surface area contributed by atoms with Gasteiger partial charge in [0.1, 0.15) is 0 Å². The number of rotatable bonds is 6. The quantitative estimate of drug-likeness (QED) is 0.770. The fourth-order valence-electron chi connectivity index (χ4n) is 2.25. The van der Waals surface area contributed by atoms with Gasteiger partial charge in [-0.05, 0) is 39.0 Å². The lowest BCUT2D eigenvalue weighted by Gasteiger charge is -2.34. The highest BCUT2D eigenvalue weighted by molar-refractivity contribution is 7.87. The van der Waals surface area contributed by atoms with Gasteiger partial charge in [-0.3, -0.25) is 4.79 Å². The minimum absolute atomic E-state index is 0.0497. The average Bonchev–Trinajstić information content (AvgIpc) is 2.25. The zero-order valence-corrected chi connectivity index (χ0v) is 12.7. The summed E-state index contributed by atoms with van der Waals surface area (Å²) in [5, 5.41) is 8.67. The number of piperidine rings is 1. The average molecular weight is 292 g/mol. The van der Waals surface area contributed by atoms with E-state index in [0.29, 0.717) is 19.0 Å². The molecule has 0 bridgehead atoms. The van der Waals surface area contributed by atoms with Gasteiger partial charge in [-0.2, -0.15) is 17.4 Å². The van der Waals surface area contributed by atoms with Crippen LogP contribution >= 0.6 is 0 Å². The number of nitrogens with one attached hydrogen (secondary N) is 1. The highest BCUT2D eigenvalue weighted by Gasteiger charge is 2.32. The molecule has 7 heteroatoms. The number of carbonyl (C=O) groups is 1. The molecular formula is C12H24N2O4S. The molecule has 1 fully saturated rings. The molecule has 1 saturated heterocycles. The van der Waals surface area contributed by atoms with E-state index in [4.69, 9.17) is 5.11 Å². The second-order valence-electron chi connectivity index (χ2n) is 5.99. The van der Waals surface area contributed by atoms with Gasteiger partial charge in [-0.1, -0.05) is 6.92 Å². The van der Waals surface area contributed by atoms with Crippen molar-refractivity contribution in [3.8, 4) is 0 Å². The van der Waals surface area contributed by atoms with Gasteiger partial charge < -0.3 is 5.11 Å². The molecule has 112 valence electrons. The first-order valence-corrected chi connectivity index (χ1v) is 8.07. The Balaban J connectivity index is 2.64. The SMILES string of the molecule is CC1CCCN(S(=O)(=O)NC(C)(C)CCC(=O)O)C1. The smallest absolute Gasteiger partial charge is 0.303 e. The Hall–Kier alpha value is -0.660. The van der Waals surface area contributed by atoms with E-state index in [0.717, 1.165) is 12.8 Å². The summed E-state index contributed by atoms with van der Waals surface area (Å²) >= 11 is 0. The van der Waals surface area contributed by atoms with Crippen LogP contribution in [0.25, 0.3) is 0 Å². The van der Waals surface area contributed by atoms with Crippen LogP contribution in [0.2, 0.25) is 0 Å². The lowest BCUT2D eigenvalue weighted by molar-refractivity contribution is -0.137. The maximum absolute atomic E-state index is 12.3. The summed E-state index contributed by atoms with van der Waals surface area (Å²) in [6.45, 7) is 6.53. The van der Waals surface area contributed by atoms with Gasteiger partial charge in [-0.15, -0.1) is 0 Å². The zero-order valence-electron chi connectivity index (χ0n) is 11.8. The van der Waals surface area contributed by atoms with E-state index in [1.807, 2.05) is 6.92 Å². The van der Waals surface area contributed by atoms with E-state index in [1.165, 1.54) is 4.31 Å². The van der Waals surface area contributed by atoms with Crippen LogP contribution in [0.1, 0.15) is 46.5 Å². The van der Waals surface area contributed by atoms with Gasteiger partial charge >= 0.3 is 5.97 Å². The van der Waals surface area contributed by atoms with Gasteiger partial charge in [0, 0.05) is 25.0 Å². The lowest BCUT2D eigenvalue weighted by Crippen LogP contribution is -2.52. The minimum Gasteiger partial charge on any atom is -0.481 e. The summed E-state index contributed by atoms with van der Waals surface area (Å²) in [4.78, 5) is 10.6. The van der Waals surface area contributed by atoms with E-state index >= 15 is 0 Å². The van der Waals surface area contributed by atoms with Crippen LogP contribution in [0.3, 0.4) is 0 Å². The molecule has 0 aromatic heterocycles. The van der Waals surface area contributed by atoms with Crippen molar-refractivity contribution >= 4 is 16.2 Å². The maximum Gasteiger partial charge on any atom is 0.303 e. The number of carboxylic acid groups (broad SMARTS) is 1. The zero-order chi connectivity index (χ0) is 14.7. The van der Waals surface area contributed by atoms with E-state index in [-0.39, 0.29) is 12.8 Å². The molecule has 1 atom stereocenters. The first-order valence-electron chi connectivity index (χ1n) is 6.63. The van der Waals surface area contributed by atoms with Gasteiger partial charge in [-0.25, -0.2) is 0 Å². The van der Waals surface area contributed by atoms with Crippen molar-refractivity contribution in [3.05, 3.63) is 0 Å². The predicted octanol–water partition coefficient (Wildman–Crippen LogP) is 1.20. The van der Waals surface area contributed by atoms with Crippen LogP contribution in [0.5, 0.6) is 0 Å². The molecule has 0 aromatic rings. The lowest BCUT2D eigenvalue weighted by atomic mass is 10.0. The van der Waals surface area contributed by atoms with Crippen LogP contribution in [0.15, 0.2) is 0 Å². The molecule has 1 aliphatic heterocycles. The molecule has 6 nitrogen and oxygen atoms in total. The van der Waals surface area contributed by atoms with E-state index in [9.17, 15) is 13.2 Å². The van der Waals surface area contributed by atoms with Gasteiger partial charge in [0.25, 0.3) is 10.2 Å². The molecule has 19 heavy (non-hydrogen) atoms. The number of hydrogen-bond acceptors (Lipinski definition) is 3. The summed E-state index contributed by atoms with van der Waals surface area (Å²) in [6.07, 6.45) is 2.14. The summed E-state index contributed by atoms with van der Waals surface area (Å²) in [5.74, 6) is -0.550. The Morgan fingerprint density at radius 3 is 2.63 bits per heavy atom. The second-order valence-corrected chi connectivity index (χ2v) is 7.66. The van der Waals surface area contributed by atoms with E-state index in [2.05, 4.69) is 4.72 Å². The topological polar surface area (TPSA) is 86.7 Å². The van der Waals surface area contributed by atoms with Crippen molar-refractivity contribution < 1.29 is 18.3 Å². The molecule has 0 radical (unpaired) electrons. The number of carboxylic acids is 1. The molecule has 1 unspecified atom stereocenters. The van der Waals surface area contributed by atoms with Crippen molar-refractivity contribution in [2.24, 2.45) is 5.92 Å². The third-order valence-electron chi connectivity index (χ3n) is 3.33. The Morgan fingerprint density at radius 1 is 1.47 bits per heavy atom. The molecular weight excluding hydrogens is 268 g/mol. The summed E-state index contributed by atoms with van der Waals surface area (Å²) in [5.41, 5.74) is -0.752. The first-order chi connectivity index (χ1) is 8.62. The standard InChI is InChI=1S/C12H24N2O4S/c1-10-5-4-8-14(9-10)19(17,18)13-12(2,3)7-6-11(15)16/h10,13H,4-9H2,1-3H3,(H,15,16). The molecule has 1 rings (SSSR count). The number of hydrogen-bond donors (Lipinski definition) is 2. The van der Waals surface area contributed by atoms with Crippen molar-refractivity contribution in [3.63, 3.8) is 0 Å². The Morgan fingerprint density at radius 2 is 2.11 bits per heavy atom. The molecule has 0 saturated carbocycles. The van der Waals surface area contributed by atoms with Crippen molar-refractivity contribution in [1.82, 2.24) is 9.03 Å². The first kappa shape index (κ1) is 16.4. The Labute approximate surface area is 115 Å². The highest BCUT2D eigenvalue weighted by Crippen LogP contribution is 2.20. The Bertz CT molecular complexity index is 419. The van der Waals surface area contributed by atoms with Crippen molar-refractivity contribution in [2.45, 2.75) is 52.0 Å². The monoisotopic (exact) mass is 292 g/mol. The fraction of sp³-hybridized carbons (Fsp3) is 0.917. The largest absolute Gasteiger partial charge is 0.481 e. The second kappa shape index (κ2) is 6.19. The maximum atomic E-state index is 12.3. The summed E-state index contributed by atoms with van der Waals surface area (Å²) < 4.78 is 28.6. The number of nitrogens with zero attached hydrogens (tertiary/aromatic N) is 1. The molecule has 1 heterocycles. The van der Waals surface area contributed by atoms with Crippen LogP contribution < -0.4 is 4.72 Å². The van der Waals surface area contributed by atoms with Crippen LogP contribution in [-0.2, 0) is 15.0 Å². The van der Waals surface area contributed by atoms with Crippen molar-refractivity contribution in [2.75, 3.05) is 13.1 Å². The highest BCUT2D eigenvalue weighted by atomic mass is 32.2. The summed E-state index contributed by atoms with van der Waals surface area (Å²) in [7, 11) is -3.53. The molecule has 0 amide bonds. The summed E-state index contributed by atoms with van der Waals surface area (Å²) in [6, 6.07) is 0. The van der Waals surface area contributed by atoms with Gasteiger partial charge in [0.15, 0.2) is 0 Å². The van der Waals surface area contributed by atoms with Gasteiger partial charge in [0.05, 0.1) is 0 Å². The van der Waals surface area contributed by atoms with Crippen molar-refractivity contribution in [1.29, 1.82) is 0 Å². The third-order valence-corrected chi connectivity index (χ3v) is 5.15. The molecule has 1 aliphatic rings. The van der Waals surface area contributed by atoms with Crippen LogP contribution in [0.4, 0.5) is 0 Å². The van der Waals surface area contributed by atoms with E-state index < -0.39 is 21.7 Å². The third kappa shape index (κ3) is 5.46. The van der Waals surface area contributed by atoms with Gasteiger partial charge in [0.2, 0.25) is 0 Å². The number of aliphatic carboxylic acids is 1. The molecule has 0 aromatic carbocycles. The fourth-order valence-corrected chi connectivity index (χ4v) is 4.00. The molecule has 0 aliphatic carbocycles. The Kier molecular flexibility index (Phi) is 5.34. The van der Waals surface area contributed by atoms with E-state index in [1.54, 1.807) is 13.8 Å². The predicted molar refractivity (Wildman–Crippen MR) is 73.0 cm³/mol.